The molecular formula is C16H24N2O2. The Hall–Kier alpha value is -1.39. The molecule has 1 aliphatic rings. The number of rotatable bonds is 6. The van der Waals surface area contributed by atoms with Crippen molar-refractivity contribution >= 4 is 5.91 Å². The largest absolute Gasteiger partial charge is 0.387 e. The van der Waals surface area contributed by atoms with Gasteiger partial charge in [0.25, 0.3) is 0 Å². The Morgan fingerprint density at radius 1 is 1.40 bits per heavy atom. The van der Waals surface area contributed by atoms with Crippen LogP contribution in [-0.2, 0) is 4.79 Å². The number of carbonyl (C=O) groups is 1. The van der Waals surface area contributed by atoms with E-state index in [1.54, 1.807) is 0 Å². The number of likely N-dealkylation sites (tertiary alicyclic amines) is 1. The SMILES string of the molecule is CCCC1(O)CN(CC(=O)NC(C)c2ccccc2)C1. The van der Waals surface area contributed by atoms with Crippen LogP contribution in [0.1, 0.15) is 38.3 Å². The molecule has 0 aliphatic carbocycles. The van der Waals surface area contributed by atoms with Gasteiger partial charge in [0, 0.05) is 13.1 Å². The molecule has 1 atom stereocenters. The predicted octanol–water partition coefficient (Wildman–Crippen LogP) is 1.71. The van der Waals surface area contributed by atoms with Gasteiger partial charge in [-0.15, -0.1) is 0 Å². The third-order valence-electron chi connectivity index (χ3n) is 3.80. The maximum absolute atomic E-state index is 12.0. The number of hydrogen-bond acceptors (Lipinski definition) is 3. The maximum Gasteiger partial charge on any atom is 0.234 e. The lowest BCUT2D eigenvalue weighted by Crippen LogP contribution is -2.63. The van der Waals surface area contributed by atoms with Crippen LogP contribution in [0.2, 0.25) is 0 Å². The number of carbonyl (C=O) groups excluding carboxylic acids is 1. The Kier molecular flexibility index (Phi) is 4.78. The van der Waals surface area contributed by atoms with Gasteiger partial charge in [-0.05, 0) is 18.9 Å². The first-order valence-corrected chi connectivity index (χ1v) is 7.31. The third-order valence-corrected chi connectivity index (χ3v) is 3.80. The summed E-state index contributed by atoms with van der Waals surface area (Å²) >= 11 is 0. The molecule has 1 amide bonds. The summed E-state index contributed by atoms with van der Waals surface area (Å²) < 4.78 is 0. The van der Waals surface area contributed by atoms with Gasteiger partial charge in [0.15, 0.2) is 0 Å². The monoisotopic (exact) mass is 276 g/mol. The Morgan fingerprint density at radius 2 is 2.05 bits per heavy atom. The van der Waals surface area contributed by atoms with Crippen molar-refractivity contribution in [2.45, 2.75) is 38.3 Å². The molecule has 2 N–H and O–H groups in total. The van der Waals surface area contributed by atoms with E-state index in [2.05, 4.69) is 12.2 Å². The summed E-state index contributed by atoms with van der Waals surface area (Å²) in [5.74, 6) is 0.0138. The number of benzene rings is 1. The second-order valence-corrected chi connectivity index (χ2v) is 5.82. The standard InChI is InChI=1S/C16H24N2O2/c1-3-9-16(20)11-18(12-16)10-15(19)17-13(2)14-7-5-4-6-8-14/h4-8,13,20H,3,9-12H2,1-2H3,(H,17,19). The van der Waals surface area contributed by atoms with Gasteiger partial charge in [0.1, 0.15) is 0 Å². The van der Waals surface area contributed by atoms with E-state index in [4.69, 9.17) is 0 Å². The molecule has 0 bridgehead atoms. The molecule has 20 heavy (non-hydrogen) atoms. The zero-order valence-corrected chi connectivity index (χ0v) is 12.3. The minimum absolute atomic E-state index is 0.0134. The van der Waals surface area contributed by atoms with Gasteiger partial charge < -0.3 is 10.4 Å². The van der Waals surface area contributed by atoms with Crippen molar-refractivity contribution in [3.63, 3.8) is 0 Å². The fraction of sp³-hybridized carbons (Fsp3) is 0.562. The molecule has 1 unspecified atom stereocenters. The zero-order chi connectivity index (χ0) is 14.6. The first-order chi connectivity index (χ1) is 9.52. The molecule has 1 heterocycles. The molecule has 0 saturated carbocycles. The van der Waals surface area contributed by atoms with Crippen molar-refractivity contribution in [2.24, 2.45) is 0 Å². The summed E-state index contributed by atoms with van der Waals surface area (Å²) in [7, 11) is 0. The molecular weight excluding hydrogens is 252 g/mol. The van der Waals surface area contributed by atoms with Crippen molar-refractivity contribution in [3.8, 4) is 0 Å². The van der Waals surface area contributed by atoms with Crippen LogP contribution in [0.15, 0.2) is 30.3 Å². The molecule has 0 spiro atoms. The second-order valence-electron chi connectivity index (χ2n) is 5.82. The molecule has 1 fully saturated rings. The molecule has 1 aromatic carbocycles. The lowest BCUT2D eigenvalue weighted by atomic mass is 9.89. The summed E-state index contributed by atoms with van der Waals surface area (Å²) in [6, 6.07) is 9.94. The van der Waals surface area contributed by atoms with Gasteiger partial charge in [-0.1, -0.05) is 43.7 Å². The highest BCUT2D eigenvalue weighted by Gasteiger charge is 2.40. The van der Waals surface area contributed by atoms with Gasteiger partial charge in [0.05, 0.1) is 18.2 Å². The molecule has 4 heteroatoms. The highest BCUT2D eigenvalue weighted by molar-refractivity contribution is 5.78. The third kappa shape index (κ3) is 3.81. The van der Waals surface area contributed by atoms with Crippen molar-refractivity contribution in [3.05, 3.63) is 35.9 Å². The van der Waals surface area contributed by atoms with E-state index >= 15 is 0 Å². The minimum Gasteiger partial charge on any atom is -0.387 e. The van der Waals surface area contributed by atoms with Gasteiger partial charge >= 0.3 is 0 Å². The van der Waals surface area contributed by atoms with Crippen LogP contribution in [0.4, 0.5) is 0 Å². The van der Waals surface area contributed by atoms with E-state index in [0.29, 0.717) is 19.6 Å². The van der Waals surface area contributed by atoms with Crippen LogP contribution < -0.4 is 5.32 Å². The van der Waals surface area contributed by atoms with Gasteiger partial charge in [-0.3, -0.25) is 9.69 Å². The van der Waals surface area contributed by atoms with E-state index in [1.165, 1.54) is 0 Å². The van der Waals surface area contributed by atoms with E-state index < -0.39 is 5.60 Å². The Labute approximate surface area is 120 Å². The van der Waals surface area contributed by atoms with E-state index in [-0.39, 0.29) is 11.9 Å². The number of nitrogens with zero attached hydrogens (tertiary/aromatic N) is 1. The first-order valence-electron chi connectivity index (χ1n) is 7.31. The molecule has 1 aromatic rings. The highest BCUT2D eigenvalue weighted by atomic mass is 16.3. The van der Waals surface area contributed by atoms with Crippen LogP contribution in [0, 0.1) is 0 Å². The summed E-state index contributed by atoms with van der Waals surface area (Å²) in [4.78, 5) is 14.0. The lowest BCUT2D eigenvalue weighted by molar-refractivity contribution is -0.134. The van der Waals surface area contributed by atoms with E-state index in [9.17, 15) is 9.90 Å². The fourth-order valence-electron chi connectivity index (χ4n) is 2.84. The summed E-state index contributed by atoms with van der Waals surface area (Å²) in [5.41, 5.74) is 0.534. The Bertz CT molecular complexity index is 441. The van der Waals surface area contributed by atoms with Gasteiger partial charge in [-0.25, -0.2) is 0 Å². The highest BCUT2D eigenvalue weighted by Crippen LogP contribution is 2.25. The van der Waals surface area contributed by atoms with Gasteiger partial charge in [-0.2, -0.15) is 0 Å². The average molecular weight is 276 g/mol. The second kappa shape index (κ2) is 6.37. The number of nitrogens with one attached hydrogen (secondary N) is 1. The molecule has 1 aliphatic heterocycles. The molecule has 0 aromatic heterocycles. The minimum atomic E-state index is -0.569. The maximum atomic E-state index is 12.0. The molecule has 110 valence electrons. The molecule has 2 rings (SSSR count). The van der Waals surface area contributed by atoms with Crippen LogP contribution in [0.3, 0.4) is 0 Å². The topological polar surface area (TPSA) is 52.6 Å². The van der Waals surface area contributed by atoms with Crippen LogP contribution in [-0.4, -0.2) is 41.1 Å². The van der Waals surface area contributed by atoms with Crippen molar-refractivity contribution < 1.29 is 9.90 Å². The smallest absolute Gasteiger partial charge is 0.234 e. The van der Waals surface area contributed by atoms with Crippen LogP contribution >= 0.6 is 0 Å². The fourth-order valence-corrected chi connectivity index (χ4v) is 2.84. The van der Waals surface area contributed by atoms with Crippen molar-refractivity contribution in [2.75, 3.05) is 19.6 Å². The summed E-state index contributed by atoms with van der Waals surface area (Å²) in [6.45, 7) is 5.62. The molecule has 4 nitrogen and oxygen atoms in total. The van der Waals surface area contributed by atoms with E-state index in [1.807, 2.05) is 42.2 Å². The van der Waals surface area contributed by atoms with Crippen LogP contribution in [0.5, 0.6) is 0 Å². The number of β-amino-alcohol motifs (C(OH)–C–C–N with tert-alkyl or cyclic N) is 1. The lowest BCUT2D eigenvalue weighted by Gasteiger charge is -2.46. The number of amides is 1. The van der Waals surface area contributed by atoms with Gasteiger partial charge in [0.2, 0.25) is 5.91 Å². The average Bonchev–Trinajstić information content (AvgIpc) is 2.38. The molecule has 1 saturated heterocycles. The first kappa shape index (κ1) is 15.0. The number of hydrogen-bond donors (Lipinski definition) is 2. The van der Waals surface area contributed by atoms with Crippen molar-refractivity contribution in [1.82, 2.24) is 10.2 Å². The predicted molar refractivity (Wildman–Crippen MR) is 79.3 cm³/mol. The molecule has 0 radical (unpaired) electrons. The number of aliphatic hydroxyl groups is 1. The van der Waals surface area contributed by atoms with Crippen molar-refractivity contribution in [1.29, 1.82) is 0 Å². The van der Waals surface area contributed by atoms with E-state index in [0.717, 1.165) is 18.4 Å². The summed E-state index contributed by atoms with van der Waals surface area (Å²) in [5, 5.41) is 13.1. The zero-order valence-electron chi connectivity index (χ0n) is 12.3. The summed E-state index contributed by atoms with van der Waals surface area (Å²) in [6.07, 6.45) is 1.78. The Morgan fingerprint density at radius 3 is 2.65 bits per heavy atom. The van der Waals surface area contributed by atoms with Crippen LogP contribution in [0.25, 0.3) is 0 Å². The normalized spacial score (nSPS) is 19.1. The Balaban J connectivity index is 1.74. The quantitative estimate of drug-likeness (QED) is 0.831.